The molecule has 3 nitrogen and oxygen atoms in total. The molecule has 1 fully saturated rings. The Morgan fingerprint density at radius 3 is 2.48 bits per heavy atom. The van der Waals surface area contributed by atoms with Crippen LogP contribution in [0.15, 0.2) is 12.1 Å². The zero-order chi connectivity index (χ0) is 15.6. The highest BCUT2D eigenvalue weighted by atomic mass is 16.5. The number of hydrogen-bond acceptors (Lipinski definition) is 3. The molecule has 1 N–H and O–H groups in total. The van der Waals surface area contributed by atoms with Crippen LogP contribution in [0.5, 0.6) is 5.75 Å². The normalized spacial score (nSPS) is 24.1. The van der Waals surface area contributed by atoms with Crippen LogP contribution in [-0.2, 0) is 5.60 Å². The monoisotopic (exact) mass is 291 g/mol. The van der Waals surface area contributed by atoms with E-state index >= 15 is 0 Å². The minimum absolute atomic E-state index is 0.547. The van der Waals surface area contributed by atoms with E-state index in [0.29, 0.717) is 6.04 Å². The SMILES string of the molecule is COc1cc(C)c(C2(O)CCCN(C(C)C)CC2)cc1C. The maximum absolute atomic E-state index is 11.2. The summed E-state index contributed by atoms with van der Waals surface area (Å²) in [5.41, 5.74) is 2.59. The summed E-state index contributed by atoms with van der Waals surface area (Å²) >= 11 is 0. The van der Waals surface area contributed by atoms with Crippen LogP contribution >= 0.6 is 0 Å². The summed E-state index contributed by atoms with van der Waals surface area (Å²) in [6.07, 6.45) is 2.68. The van der Waals surface area contributed by atoms with Gasteiger partial charge in [-0.05, 0) is 82.3 Å². The number of aryl methyl sites for hydroxylation is 2. The fourth-order valence-corrected chi connectivity index (χ4v) is 3.44. The standard InChI is InChI=1S/C18H29NO2/c1-13(2)19-9-6-7-18(20,8-10-19)16-11-15(4)17(21-5)12-14(16)3/h11-13,20H,6-10H2,1-5H3. The second-order valence-corrected chi connectivity index (χ2v) is 6.65. The van der Waals surface area contributed by atoms with E-state index in [9.17, 15) is 5.11 Å². The van der Waals surface area contributed by atoms with Gasteiger partial charge in [0.15, 0.2) is 0 Å². The van der Waals surface area contributed by atoms with Gasteiger partial charge < -0.3 is 14.7 Å². The van der Waals surface area contributed by atoms with Crippen molar-refractivity contribution in [3.63, 3.8) is 0 Å². The molecule has 0 bridgehead atoms. The Morgan fingerprint density at radius 1 is 1.14 bits per heavy atom. The number of hydrogen-bond donors (Lipinski definition) is 1. The van der Waals surface area contributed by atoms with Crippen molar-refractivity contribution in [3.8, 4) is 5.75 Å². The van der Waals surface area contributed by atoms with E-state index in [2.05, 4.69) is 31.7 Å². The van der Waals surface area contributed by atoms with Crippen molar-refractivity contribution < 1.29 is 9.84 Å². The molecule has 1 aromatic carbocycles. The van der Waals surface area contributed by atoms with Crippen LogP contribution < -0.4 is 4.74 Å². The number of nitrogens with zero attached hydrogens (tertiary/aromatic N) is 1. The fourth-order valence-electron chi connectivity index (χ4n) is 3.44. The Kier molecular flexibility index (Phi) is 4.95. The number of methoxy groups -OCH3 is 1. The molecule has 0 aliphatic carbocycles. The largest absolute Gasteiger partial charge is 0.496 e. The predicted molar refractivity (Wildman–Crippen MR) is 86.9 cm³/mol. The molecule has 1 saturated heterocycles. The summed E-state index contributed by atoms with van der Waals surface area (Å²) in [6, 6.07) is 4.71. The molecule has 21 heavy (non-hydrogen) atoms. The van der Waals surface area contributed by atoms with Crippen molar-refractivity contribution in [3.05, 3.63) is 28.8 Å². The molecule has 0 saturated carbocycles. The van der Waals surface area contributed by atoms with Crippen LogP contribution in [-0.4, -0.2) is 36.2 Å². The molecule has 0 aromatic heterocycles. The number of likely N-dealkylation sites (tertiary alicyclic amines) is 1. The molecule has 1 aliphatic heterocycles. The molecular weight excluding hydrogens is 262 g/mol. The number of ether oxygens (including phenoxy) is 1. The third-order valence-corrected chi connectivity index (χ3v) is 4.82. The van der Waals surface area contributed by atoms with E-state index < -0.39 is 5.60 Å². The molecule has 1 aromatic rings. The third kappa shape index (κ3) is 3.41. The first kappa shape index (κ1) is 16.3. The molecular formula is C18H29NO2. The highest BCUT2D eigenvalue weighted by molar-refractivity contribution is 5.44. The van der Waals surface area contributed by atoms with Crippen LogP contribution in [0.4, 0.5) is 0 Å². The molecule has 118 valence electrons. The average Bonchev–Trinajstić information content (AvgIpc) is 2.63. The zero-order valence-corrected chi connectivity index (χ0v) is 14.1. The van der Waals surface area contributed by atoms with E-state index in [1.807, 2.05) is 13.0 Å². The van der Waals surface area contributed by atoms with E-state index in [1.165, 1.54) is 0 Å². The summed E-state index contributed by atoms with van der Waals surface area (Å²) in [7, 11) is 1.70. The Morgan fingerprint density at radius 2 is 1.86 bits per heavy atom. The van der Waals surface area contributed by atoms with Crippen molar-refractivity contribution in [2.24, 2.45) is 0 Å². The van der Waals surface area contributed by atoms with Gasteiger partial charge in [-0.2, -0.15) is 0 Å². The van der Waals surface area contributed by atoms with Gasteiger partial charge >= 0.3 is 0 Å². The lowest BCUT2D eigenvalue weighted by molar-refractivity contribution is 0.0197. The topological polar surface area (TPSA) is 32.7 Å². The van der Waals surface area contributed by atoms with Gasteiger partial charge in [0.25, 0.3) is 0 Å². The van der Waals surface area contributed by atoms with Gasteiger partial charge in [-0.25, -0.2) is 0 Å². The van der Waals surface area contributed by atoms with E-state index in [4.69, 9.17) is 4.74 Å². The quantitative estimate of drug-likeness (QED) is 0.926. The molecule has 0 radical (unpaired) electrons. The molecule has 3 heteroatoms. The molecule has 1 unspecified atom stereocenters. The van der Waals surface area contributed by atoms with Gasteiger partial charge in [-0.1, -0.05) is 0 Å². The van der Waals surface area contributed by atoms with Gasteiger partial charge in [-0.3, -0.25) is 0 Å². The van der Waals surface area contributed by atoms with Crippen LogP contribution in [0.1, 0.15) is 49.8 Å². The molecule has 1 heterocycles. The predicted octanol–water partition coefficient (Wildman–Crippen LogP) is 3.39. The minimum Gasteiger partial charge on any atom is -0.496 e. The van der Waals surface area contributed by atoms with Crippen LogP contribution in [0.25, 0.3) is 0 Å². The highest BCUT2D eigenvalue weighted by Crippen LogP contribution is 2.37. The third-order valence-electron chi connectivity index (χ3n) is 4.82. The van der Waals surface area contributed by atoms with Gasteiger partial charge in [0, 0.05) is 12.6 Å². The van der Waals surface area contributed by atoms with Crippen molar-refractivity contribution in [2.75, 3.05) is 20.2 Å². The Labute approximate surface area is 128 Å². The second-order valence-electron chi connectivity index (χ2n) is 6.65. The van der Waals surface area contributed by atoms with Gasteiger partial charge in [-0.15, -0.1) is 0 Å². The van der Waals surface area contributed by atoms with E-state index in [0.717, 1.165) is 54.8 Å². The Balaban J connectivity index is 2.29. The fraction of sp³-hybridized carbons (Fsp3) is 0.667. The Hall–Kier alpha value is -1.06. The summed E-state index contributed by atoms with van der Waals surface area (Å²) in [5.74, 6) is 0.900. The maximum Gasteiger partial charge on any atom is 0.122 e. The zero-order valence-electron chi connectivity index (χ0n) is 14.1. The summed E-state index contributed by atoms with van der Waals surface area (Å²) < 4.78 is 5.38. The maximum atomic E-state index is 11.2. The average molecular weight is 291 g/mol. The Bertz CT molecular complexity index is 498. The van der Waals surface area contributed by atoms with Crippen molar-refractivity contribution in [1.82, 2.24) is 4.90 Å². The number of aliphatic hydroxyl groups is 1. The second kappa shape index (κ2) is 6.37. The first-order valence-electron chi connectivity index (χ1n) is 7.99. The van der Waals surface area contributed by atoms with Gasteiger partial charge in [0.1, 0.15) is 5.75 Å². The van der Waals surface area contributed by atoms with Gasteiger partial charge in [0.05, 0.1) is 12.7 Å². The van der Waals surface area contributed by atoms with Crippen molar-refractivity contribution >= 4 is 0 Å². The first-order chi connectivity index (χ1) is 9.87. The highest BCUT2D eigenvalue weighted by Gasteiger charge is 2.34. The lowest BCUT2D eigenvalue weighted by Crippen LogP contribution is -2.33. The molecule has 0 amide bonds. The number of benzene rings is 1. The van der Waals surface area contributed by atoms with Crippen LogP contribution in [0, 0.1) is 13.8 Å². The lowest BCUT2D eigenvalue weighted by Gasteiger charge is -2.30. The van der Waals surface area contributed by atoms with Gasteiger partial charge in [0.2, 0.25) is 0 Å². The summed E-state index contributed by atoms with van der Waals surface area (Å²) in [4.78, 5) is 2.46. The molecule has 0 spiro atoms. The van der Waals surface area contributed by atoms with Crippen LogP contribution in [0.2, 0.25) is 0 Å². The summed E-state index contributed by atoms with van der Waals surface area (Å²) in [5, 5.41) is 11.2. The first-order valence-corrected chi connectivity index (χ1v) is 7.99. The molecule has 1 atom stereocenters. The van der Waals surface area contributed by atoms with Crippen LogP contribution in [0.3, 0.4) is 0 Å². The molecule has 1 aliphatic rings. The minimum atomic E-state index is -0.704. The smallest absolute Gasteiger partial charge is 0.122 e. The lowest BCUT2D eigenvalue weighted by atomic mass is 9.83. The summed E-state index contributed by atoms with van der Waals surface area (Å²) in [6.45, 7) is 10.6. The van der Waals surface area contributed by atoms with Crippen molar-refractivity contribution in [2.45, 2.75) is 58.6 Å². The number of rotatable bonds is 3. The molecule has 2 rings (SSSR count). The van der Waals surface area contributed by atoms with Crippen molar-refractivity contribution in [1.29, 1.82) is 0 Å². The van der Waals surface area contributed by atoms with E-state index in [-0.39, 0.29) is 0 Å². The van der Waals surface area contributed by atoms with E-state index in [1.54, 1.807) is 7.11 Å².